The van der Waals surface area contributed by atoms with Gasteiger partial charge in [-0.2, -0.15) is 0 Å². The molecule has 5 heteroatoms. The van der Waals surface area contributed by atoms with Gasteiger partial charge in [0.25, 0.3) is 0 Å². The molecule has 4 nitrogen and oxygen atoms in total. The van der Waals surface area contributed by atoms with Gasteiger partial charge in [0.2, 0.25) is 0 Å². The van der Waals surface area contributed by atoms with Crippen molar-refractivity contribution in [2.24, 2.45) is 0 Å². The summed E-state index contributed by atoms with van der Waals surface area (Å²) in [4.78, 5) is 0. The molecule has 1 fully saturated rings. The van der Waals surface area contributed by atoms with Crippen molar-refractivity contribution in [1.29, 1.82) is 0 Å². The van der Waals surface area contributed by atoms with Crippen molar-refractivity contribution in [2.45, 2.75) is 18.9 Å². The van der Waals surface area contributed by atoms with Gasteiger partial charge in [-0.1, -0.05) is 5.16 Å². The van der Waals surface area contributed by atoms with Crippen LogP contribution < -0.4 is 10.6 Å². The normalized spacial score (nSPS) is 15.0. The first-order chi connectivity index (χ1) is 7.81. The van der Waals surface area contributed by atoms with Crippen molar-refractivity contribution < 1.29 is 4.52 Å². The van der Waals surface area contributed by atoms with Crippen LogP contribution in [0.2, 0.25) is 0 Å². The van der Waals surface area contributed by atoms with Crippen LogP contribution >= 0.6 is 12.2 Å². The Labute approximate surface area is 98.0 Å². The molecule has 82 valence electrons. The second-order valence-electron chi connectivity index (χ2n) is 3.96. The number of nitrogens with one attached hydrogen (secondary N) is 2. The third kappa shape index (κ3) is 1.99. The van der Waals surface area contributed by atoms with Gasteiger partial charge in [0.1, 0.15) is 11.8 Å². The molecule has 0 amide bonds. The maximum Gasteiger partial charge on any atom is 0.170 e. The molecular formula is C11H11N3OS. The van der Waals surface area contributed by atoms with Crippen LogP contribution in [-0.4, -0.2) is 16.3 Å². The van der Waals surface area contributed by atoms with Crippen molar-refractivity contribution in [3.05, 3.63) is 24.5 Å². The van der Waals surface area contributed by atoms with E-state index < -0.39 is 0 Å². The first-order valence-electron chi connectivity index (χ1n) is 5.23. The lowest BCUT2D eigenvalue weighted by Crippen LogP contribution is -2.30. The van der Waals surface area contributed by atoms with Gasteiger partial charge in [-0.15, -0.1) is 0 Å². The maximum atomic E-state index is 5.19. The highest BCUT2D eigenvalue weighted by Gasteiger charge is 2.21. The molecule has 0 bridgehead atoms. The minimum Gasteiger partial charge on any atom is -0.364 e. The van der Waals surface area contributed by atoms with Gasteiger partial charge in [0, 0.05) is 17.1 Å². The van der Waals surface area contributed by atoms with E-state index in [4.69, 9.17) is 16.7 Å². The molecule has 0 saturated heterocycles. The molecule has 16 heavy (non-hydrogen) atoms. The van der Waals surface area contributed by atoms with E-state index in [0.717, 1.165) is 16.6 Å². The molecule has 1 aliphatic carbocycles. The van der Waals surface area contributed by atoms with E-state index >= 15 is 0 Å². The summed E-state index contributed by atoms with van der Waals surface area (Å²) < 4.78 is 4.87. The first kappa shape index (κ1) is 9.59. The molecule has 1 aliphatic rings. The van der Waals surface area contributed by atoms with Gasteiger partial charge < -0.3 is 15.2 Å². The number of nitrogens with zero attached hydrogens (tertiary/aromatic N) is 1. The Morgan fingerprint density at radius 2 is 2.31 bits per heavy atom. The zero-order valence-corrected chi connectivity index (χ0v) is 9.38. The average Bonchev–Trinajstić information content (AvgIpc) is 2.95. The molecule has 2 N–H and O–H groups in total. The van der Waals surface area contributed by atoms with E-state index in [0.29, 0.717) is 11.2 Å². The summed E-state index contributed by atoms with van der Waals surface area (Å²) >= 11 is 5.19. The summed E-state index contributed by atoms with van der Waals surface area (Å²) in [5, 5.41) is 11.9. The zero-order chi connectivity index (χ0) is 11.0. The summed E-state index contributed by atoms with van der Waals surface area (Å²) in [7, 11) is 0. The van der Waals surface area contributed by atoms with Crippen molar-refractivity contribution in [3.8, 4) is 0 Å². The van der Waals surface area contributed by atoms with Crippen LogP contribution in [0.5, 0.6) is 0 Å². The van der Waals surface area contributed by atoms with Crippen molar-refractivity contribution in [3.63, 3.8) is 0 Å². The van der Waals surface area contributed by atoms with Crippen LogP contribution in [0.4, 0.5) is 5.69 Å². The molecule has 1 aromatic carbocycles. The summed E-state index contributed by atoms with van der Waals surface area (Å²) in [6.45, 7) is 0. The van der Waals surface area contributed by atoms with E-state index in [1.165, 1.54) is 12.8 Å². The quantitative estimate of drug-likeness (QED) is 0.779. The van der Waals surface area contributed by atoms with Crippen LogP contribution in [0.25, 0.3) is 10.9 Å². The summed E-state index contributed by atoms with van der Waals surface area (Å²) in [6, 6.07) is 6.39. The number of rotatable bonds is 2. The predicted molar refractivity (Wildman–Crippen MR) is 66.4 cm³/mol. The van der Waals surface area contributed by atoms with E-state index in [1.54, 1.807) is 6.26 Å². The lowest BCUT2D eigenvalue weighted by molar-refractivity contribution is 0.428. The lowest BCUT2D eigenvalue weighted by atomic mass is 10.2. The van der Waals surface area contributed by atoms with Gasteiger partial charge in [0.15, 0.2) is 5.11 Å². The topological polar surface area (TPSA) is 50.1 Å². The minimum absolute atomic E-state index is 0.566. The van der Waals surface area contributed by atoms with Crippen molar-refractivity contribution in [2.75, 3.05) is 5.32 Å². The van der Waals surface area contributed by atoms with E-state index in [1.807, 2.05) is 18.2 Å². The highest BCUT2D eigenvalue weighted by atomic mass is 32.1. The second kappa shape index (κ2) is 3.75. The van der Waals surface area contributed by atoms with E-state index in [9.17, 15) is 0 Å². The number of hydrogen-bond donors (Lipinski definition) is 2. The van der Waals surface area contributed by atoms with Crippen LogP contribution in [-0.2, 0) is 0 Å². The Balaban J connectivity index is 1.74. The maximum absolute atomic E-state index is 5.19. The fourth-order valence-corrected chi connectivity index (χ4v) is 1.80. The number of fused-ring (bicyclic) bond motifs is 1. The van der Waals surface area contributed by atoms with Crippen LogP contribution in [0.1, 0.15) is 12.8 Å². The minimum atomic E-state index is 0.566. The Morgan fingerprint density at radius 3 is 3.12 bits per heavy atom. The molecule has 0 atom stereocenters. The van der Waals surface area contributed by atoms with Crippen molar-refractivity contribution >= 4 is 33.9 Å². The summed E-state index contributed by atoms with van der Waals surface area (Å²) in [5.41, 5.74) is 1.76. The predicted octanol–water partition coefficient (Wildman–Crippen LogP) is 2.28. The third-order valence-corrected chi connectivity index (χ3v) is 2.75. The number of hydrogen-bond acceptors (Lipinski definition) is 3. The number of anilines is 1. The highest BCUT2D eigenvalue weighted by molar-refractivity contribution is 7.80. The molecule has 0 aliphatic heterocycles. The number of benzene rings is 1. The van der Waals surface area contributed by atoms with Gasteiger partial charge in [-0.3, -0.25) is 0 Å². The van der Waals surface area contributed by atoms with Crippen LogP contribution in [0.3, 0.4) is 0 Å². The largest absolute Gasteiger partial charge is 0.364 e. The second-order valence-corrected chi connectivity index (χ2v) is 4.37. The molecule has 0 spiro atoms. The smallest absolute Gasteiger partial charge is 0.170 e. The lowest BCUT2D eigenvalue weighted by Gasteiger charge is -2.08. The fraction of sp³-hybridized carbons (Fsp3) is 0.273. The molecule has 0 unspecified atom stereocenters. The number of aromatic nitrogens is 1. The van der Waals surface area contributed by atoms with Gasteiger partial charge in [0.05, 0.1) is 0 Å². The Bertz CT molecular complexity index is 533. The molecule has 3 rings (SSSR count). The molecule has 2 aromatic rings. The van der Waals surface area contributed by atoms with Gasteiger partial charge >= 0.3 is 0 Å². The van der Waals surface area contributed by atoms with Crippen LogP contribution in [0, 0.1) is 0 Å². The van der Waals surface area contributed by atoms with E-state index in [2.05, 4.69) is 15.8 Å². The van der Waals surface area contributed by atoms with Gasteiger partial charge in [-0.05, 0) is 43.3 Å². The molecule has 1 heterocycles. The Morgan fingerprint density at radius 1 is 1.44 bits per heavy atom. The SMILES string of the molecule is S=C(Nc1ccc2conc2c1)NC1CC1. The van der Waals surface area contributed by atoms with Gasteiger partial charge in [-0.25, -0.2) is 0 Å². The van der Waals surface area contributed by atoms with Crippen LogP contribution in [0.15, 0.2) is 29.0 Å². The monoisotopic (exact) mass is 233 g/mol. The highest BCUT2D eigenvalue weighted by Crippen LogP contribution is 2.20. The number of thiocarbonyl (C=S) groups is 1. The molecule has 1 saturated carbocycles. The van der Waals surface area contributed by atoms with Crippen molar-refractivity contribution in [1.82, 2.24) is 10.5 Å². The zero-order valence-electron chi connectivity index (χ0n) is 8.56. The standard InChI is InChI=1S/C11H11N3OS/c16-11(12-8-3-4-8)13-9-2-1-7-6-15-14-10(7)5-9/h1-2,5-6,8H,3-4H2,(H2,12,13,16). The average molecular weight is 233 g/mol. The Hall–Kier alpha value is -1.62. The Kier molecular flexibility index (Phi) is 2.25. The molecular weight excluding hydrogens is 222 g/mol. The summed E-state index contributed by atoms with van der Waals surface area (Å²) in [5.74, 6) is 0. The summed E-state index contributed by atoms with van der Waals surface area (Å²) in [6.07, 6.45) is 4.05. The third-order valence-electron chi connectivity index (χ3n) is 2.53. The first-order valence-corrected chi connectivity index (χ1v) is 5.64. The molecule has 1 aromatic heterocycles. The fourth-order valence-electron chi connectivity index (χ4n) is 1.52. The molecule has 0 radical (unpaired) electrons. The van der Waals surface area contributed by atoms with E-state index in [-0.39, 0.29) is 0 Å².